The number of nitrogens with zero attached hydrogens (tertiary/aromatic N) is 1. The van der Waals surface area contributed by atoms with Gasteiger partial charge in [0.25, 0.3) is 5.91 Å². The van der Waals surface area contributed by atoms with Gasteiger partial charge in [0.05, 0.1) is 35.9 Å². The van der Waals surface area contributed by atoms with Crippen molar-refractivity contribution >= 4 is 52.4 Å². The Hall–Kier alpha value is -3.27. The fourth-order valence-electron chi connectivity index (χ4n) is 3.15. The van der Waals surface area contributed by atoms with Crippen LogP contribution in [0, 0.1) is 0 Å². The summed E-state index contributed by atoms with van der Waals surface area (Å²) in [6.45, 7) is 1.24. The molecule has 0 bridgehead atoms. The third-order valence-electron chi connectivity index (χ3n) is 4.62. The molecule has 1 aliphatic heterocycles. The molecule has 33 heavy (non-hydrogen) atoms. The summed E-state index contributed by atoms with van der Waals surface area (Å²) in [6.07, 6.45) is 0. The number of rotatable bonds is 8. The first-order chi connectivity index (χ1) is 15.7. The molecule has 0 aromatic heterocycles. The molecule has 2 amide bonds. The molecule has 11 heteroatoms. The van der Waals surface area contributed by atoms with Gasteiger partial charge >= 0.3 is 5.97 Å². The highest BCUT2D eigenvalue weighted by molar-refractivity contribution is 6.37. The number of nitrogens with one attached hydrogen (secondary N) is 2. The lowest BCUT2D eigenvalue weighted by Crippen LogP contribution is -2.31. The fraction of sp³-hybridized carbons (Fsp3) is 0.227. The topological polar surface area (TPSA) is 117 Å². The summed E-state index contributed by atoms with van der Waals surface area (Å²) in [4.78, 5) is 37.3. The van der Waals surface area contributed by atoms with Crippen LogP contribution in [0.15, 0.2) is 47.7 Å². The summed E-state index contributed by atoms with van der Waals surface area (Å²) in [5.41, 5.74) is 1.11. The Morgan fingerprint density at radius 3 is 2.30 bits per heavy atom. The Labute approximate surface area is 199 Å². The molecule has 0 saturated carbocycles. The standard InChI is InChI=1S/C22H21Cl2N3O6/c1-12(29)25-13-3-5-15(6-4-13)33-20-17(23)9-14(10-18(20)24)26-19-16(22(31)32-2)11-27(7-8-28)21(19)30/h3-6,9-10,26,28H,7-8,11H2,1-2H3,(H,25,29). The Bertz CT molecular complexity index is 1090. The number of esters is 1. The van der Waals surface area contributed by atoms with E-state index in [-0.39, 0.29) is 52.7 Å². The monoisotopic (exact) mass is 493 g/mol. The number of anilines is 2. The van der Waals surface area contributed by atoms with E-state index in [4.69, 9.17) is 37.8 Å². The molecule has 0 radical (unpaired) electrons. The fourth-order valence-corrected chi connectivity index (χ4v) is 3.71. The Morgan fingerprint density at radius 1 is 1.12 bits per heavy atom. The van der Waals surface area contributed by atoms with Crippen molar-refractivity contribution in [1.82, 2.24) is 4.90 Å². The number of carbonyl (C=O) groups excluding carboxylic acids is 3. The highest BCUT2D eigenvalue weighted by atomic mass is 35.5. The zero-order chi connectivity index (χ0) is 24.1. The Morgan fingerprint density at radius 2 is 1.76 bits per heavy atom. The molecular formula is C22H21Cl2N3O6. The number of methoxy groups -OCH3 is 1. The van der Waals surface area contributed by atoms with Crippen LogP contribution in [0.1, 0.15) is 6.92 Å². The molecule has 0 spiro atoms. The summed E-state index contributed by atoms with van der Waals surface area (Å²) in [6, 6.07) is 9.61. The predicted octanol–water partition coefficient (Wildman–Crippen LogP) is 3.42. The Balaban J connectivity index is 1.82. The number of carbonyl (C=O) groups is 3. The lowest BCUT2D eigenvalue weighted by Gasteiger charge is -2.16. The van der Waals surface area contributed by atoms with Gasteiger partial charge in [0, 0.05) is 24.8 Å². The van der Waals surface area contributed by atoms with Gasteiger partial charge in [0.2, 0.25) is 5.91 Å². The average molecular weight is 494 g/mol. The van der Waals surface area contributed by atoms with Crippen LogP contribution in [0.3, 0.4) is 0 Å². The average Bonchev–Trinajstić information content (AvgIpc) is 3.07. The first-order valence-corrected chi connectivity index (χ1v) is 10.5. The van der Waals surface area contributed by atoms with Crippen molar-refractivity contribution < 1.29 is 29.0 Å². The highest BCUT2D eigenvalue weighted by Crippen LogP contribution is 2.39. The van der Waals surface area contributed by atoms with Gasteiger partial charge in [-0.1, -0.05) is 23.2 Å². The third kappa shape index (κ3) is 5.75. The van der Waals surface area contributed by atoms with E-state index in [2.05, 4.69) is 10.6 Å². The van der Waals surface area contributed by atoms with Crippen LogP contribution in [0.4, 0.5) is 11.4 Å². The third-order valence-corrected chi connectivity index (χ3v) is 5.18. The molecule has 0 unspecified atom stereocenters. The molecule has 174 valence electrons. The number of hydrogen-bond acceptors (Lipinski definition) is 7. The van der Waals surface area contributed by atoms with Gasteiger partial charge in [-0.05, 0) is 36.4 Å². The first kappa shape index (κ1) is 24.4. The minimum atomic E-state index is -0.661. The highest BCUT2D eigenvalue weighted by Gasteiger charge is 2.34. The summed E-state index contributed by atoms with van der Waals surface area (Å²) in [7, 11) is 1.22. The van der Waals surface area contributed by atoms with Gasteiger partial charge in [-0.15, -0.1) is 0 Å². The molecule has 9 nitrogen and oxygen atoms in total. The van der Waals surface area contributed by atoms with Crippen molar-refractivity contribution in [2.24, 2.45) is 0 Å². The van der Waals surface area contributed by atoms with Crippen LogP contribution >= 0.6 is 23.2 Å². The van der Waals surface area contributed by atoms with Crippen molar-refractivity contribution in [2.75, 3.05) is 37.4 Å². The first-order valence-electron chi connectivity index (χ1n) is 9.76. The van der Waals surface area contributed by atoms with Crippen LogP contribution < -0.4 is 15.4 Å². The molecule has 0 atom stereocenters. The smallest absolute Gasteiger partial charge is 0.337 e. The number of aliphatic hydroxyl groups excluding tert-OH is 1. The van der Waals surface area contributed by atoms with Gasteiger partial charge in [-0.2, -0.15) is 0 Å². The molecule has 0 saturated heterocycles. The van der Waals surface area contributed by atoms with E-state index >= 15 is 0 Å². The maximum absolute atomic E-state index is 12.7. The molecule has 0 fully saturated rings. The van der Waals surface area contributed by atoms with E-state index in [0.29, 0.717) is 17.1 Å². The second-order valence-corrected chi connectivity index (χ2v) is 7.81. The van der Waals surface area contributed by atoms with Gasteiger partial charge in [0.15, 0.2) is 5.75 Å². The maximum atomic E-state index is 12.7. The quantitative estimate of drug-likeness (QED) is 0.482. The molecule has 2 aromatic rings. The molecular weight excluding hydrogens is 473 g/mol. The van der Waals surface area contributed by atoms with Gasteiger partial charge in [-0.25, -0.2) is 4.79 Å². The summed E-state index contributed by atoms with van der Waals surface area (Å²) >= 11 is 12.7. The molecule has 1 aliphatic rings. The van der Waals surface area contributed by atoms with E-state index < -0.39 is 11.9 Å². The van der Waals surface area contributed by atoms with Gasteiger partial charge in [0.1, 0.15) is 11.4 Å². The van der Waals surface area contributed by atoms with Crippen molar-refractivity contribution in [1.29, 1.82) is 0 Å². The SMILES string of the molecule is COC(=O)C1=C(Nc2cc(Cl)c(Oc3ccc(NC(C)=O)cc3)c(Cl)c2)C(=O)N(CCO)C1. The molecule has 2 aromatic carbocycles. The minimum Gasteiger partial charge on any atom is -0.466 e. The molecule has 1 heterocycles. The van der Waals surface area contributed by atoms with Gasteiger partial charge in [-0.3, -0.25) is 9.59 Å². The van der Waals surface area contributed by atoms with Crippen LogP contribution in [-0.4, -0.2) is 54.6 Å². The second kappa shape index (κ2) is 10.6. The predicted molar refractivity (Wildman–Crippen MR) is 124 cm³/mol. The summed E-state index contributed by atoms with van der Waals surface area (Å²) in [5, 5.41) is 15.0. The maximum Gasteiger partial charge on any atom is 0.337 e. The number of hydrogen-bond donors (Lipinski definition) is 3. The summed E-state index contributed by atoms with van der Waals surface area (Å²) in [5.74, 6) is -0.682. The van der Waals surface area contributed by atoms with Crippen molar-refractivity contribution in [3.8, 4) is 11.5 Å². The number of β-amino-alcohol motifs (C(OH)–C–C–N with tert-alkyl or cyclic N) is 1. The van der Waals surface area contributed by atoms with E-state index in [1.807, 2.05) is 0 Å². The van der Waals surface area contributed by atoms with Crippen LogP contribution in [-0.2, 0) is 19.1 Å². The normalized spacial score (nSPS) is 13.2. The van der Waals surface area contributed by atoms with Crippen LogP contribution in [0.25, 0.3) is 0 Å². The Kier molecular flexibility index (Phi) is 7.80. The van der Waals surface area contributed by atoms with Crippen molar-refractivity contribution in [2.45, 2.75) is 6.92 Å². The number of ether oxygens (including phenoxy) is 2. The van der Waals surface area contributed by atoms with Crippen LogP contribution in [0.2, 0.25) is 10.0 Å². The van der Waals surface area contributed by atoms with E-state index in [9.17, 15) is 14.4 Å². The lowest BCUT2D eigenvalue weighted by atomic mass is 10.2. The zero-order valence-corrected chi connectivity index (χ0v) is 19.3. The lowest BCUT2D eigenvalue weighted by molar-refractivity contribution is -0.136. The number of amides is 2. The molecule has 3 rings (SSSR count). The van der Waals surface area contributed by atoms with Crippen molar-refractivity contribution in [3.63, 3.8) is 0 Å². The second-order valence-electron chi connectivity index (χ2n) is 7.00. The molecule has 3 N–H and O–H groups in total. The number of aliphatic hydroxyl groups is 1. The zero-order valence-electron chi connectivity index (χ0n) is 17.8. The molecule has 0 aliphatic carbocycles. The number of benzene rings is 2. The largest absolute Gasteiger partial charge is 0.466 e. The number of halogens is 2. The van der Waals surface area contributed by atoms with E-state index in [1.54, 1.807) is 24.3 Å². The van der Waals surface area contributed by atoms with E-state index in [0.717, 1.165) is 0 Å². The minimum absolute atomic E-state index is 0.00550. The van der Waals surface area contributed by atoms with E-state index in [1.165, 1.54) is 31.1 Å². The summed E-state index contributed by atoms with van der Waals surface area (Å²) < 4.78 is 10.5. The van der Waals surface area contributed by atoms with Crippen LogP contribution in [0.5, 0.6) is 11.5 Å². The van der Waals surface area contributed by atoms with Crippen molar-refractivity contribution in [3.05, 3.63) is 57.7 Å². The van der Waals surface area contributed by atoms with Gasteiger partial charge < -0.3 is 30.1 Å².